The number of hydrogen-bond acceptors (Lipinski definition) is 6. The first-order valence-corrected chi connectivity index (χ1v) is 11.5. The van der Waals surface area contributed by atoms with Gasteiger partial charge in [-0.15, -0.1) is 0 Å². The zero-order valence-electron chi connectivity index (χ0n) is 20.6. The third kappa shape index (κ3) is 5.42. The maximum atomic E-state index is 12.6. The number of nitrogen functional groups attached to an aromatic ring is 1. The van der Waals surface area contributed by atoms with Crippen LogP contribution in [0.4, 0.5) is 5.82 Å². The molecule has 1 amide bonds. The Morgan fingerprint density at radius 1 is 1.23 bits per heavy atom. The van der Waals surface area contributed by atoms with E-state index in [0.29, 0.717) is 30.4 Å². The molecule has 0 unspecified atom stereocenters. The van der Waals surface area contributed by atoms with Gasteiger partial charge < -0.3 is 30.0 Å². The van der Waals surface area contributed by atoms with Crippen molar-refractivity contribution in [1.29, 1.82) is 0 Å². The van der Waals surface area contributed by atoms with Gasteiger partial charge in [-0.1, -0.05) is 17.9 Å². The monoisotopic (exact) mass is 473 g/mol. The average Bonchev–Trinajstić information content (AvgIpc) is 3.48. The van der Waals surface area contributed by atoms with Gasteiger partial charge in [-0.25, -0.2) is 4.98 Å². The number of fused-ring (bicyclic) bond motifs is 1. The van der Waals surface area contributed by atoms with Crippen LogP contribution in [0.3, 0.4) is 0 Å². The predicted molar refractivity (Wildman–Crippen MR) is 137 cm³/mol. The van der Waals surface area contributed by atoms with Crippen molar-refractivity contribution < 1.29 is 14.3 Å². The fourth-order valence-corrected chi connectivity index (χ4v) is 4.36. The highest BCUT2D eigenvalue weighted by Gasteiger charge is 2.31. The zero-order valence-corrected chi connectivity index (χ0v) is 20.6. The van der Waals surface area contributed by atoms with Gasteiger partial charge in [0.05, 0.1) is 31.8 Å². The summed E-state index contributed by atoms with van der Waals surface area (Å²) in [6.07, 6.45) is 6.05. The molecule has 1 fully saturated rings. The predicted octanol–water partition coefficient (Wildman–Crippen LogP) is 2.95. The van der Waals surface area contributed by atoms with E-state index in [1.165, 1.54) is 0 Å². The van der Waals surface area contributed by atoms with Gasteiger partial charge in [0.25, 0.3) is 0 Å². The van der Waals surface area contributed by atoms with E-state index in [0.717, 1.165) is 40.9 Å². The van der Waals surface area contributed by atoms with Crippen LogP contribution in [-0.4, -0.2) is 73.6 Å². The molecular weight excluding hydrogens is 442 g/mol. The van der Waals surface area contributed by atoms with E-state index in [9.17, 15) is 4.79 Å². The van der Waals surface area contributed by atoms with Crippen molar-refractivity contribution >= 4 is 11.7 Å². The van der Waals surface area contributed by atoms with Crippen molar-refractivity contribution in [2.45, 2.75) is 12.3 Å². The first kappa shape index (κ1) is 24.2. The molecule has 1 aromatic rings. The minimum atomic E-state index is 0.0439. The minimum absolute atomic E-state index is 0.0439. The second-order valence-electron chi connectivity index (χ2n) is 8.84. The molecule has 0 bridgehead atoms. The molecule has 0 spiro atoms. The number of aromatic amines is 1. The molecule has 1 aliphatic carbocycles. The number of anilines is 1. The molecule has 0 saturated carbocycles. The van der Waals surface area contributed by atoms with Gasteiger partial charge in [-0.05, 0) is 44.3 Å². The van der Waals surface area contributed by atoms with Crippen molar-refractivity contribution in [3.8, 4) is 34.6 Å². The lowest BCUT2D eigenvalue weighted by Gasteiger charge is -2.15. The highest BCUT2D eigenvalue weighted by Crippen LogP contribution is 2.40. The summed E-state index contributed by atoms with van der Waals surface area (Å²) in [6, 6.07) is 7.60. The maximum absolute atomic E-state index is 12.6. The van der Waals surface area contributed by atoms with Gasteiger partial charge in [0.1, 0.15) is 17.3 Å². The van der Waals surface area contributed by atoms with E-state index in [1.807, 2.05) is 42.1 Å². The van der Waals surface area contributed by atoms with Gasteiger partial charge in [-0.3, -0.25) is 4.79 Å². The SMILES string of the molecule is COc1cc(C#Cc2cc([C@H]3CCN(C(=O)C=CCN(C)C)C3)c3[nH]cnc(N)c2-3)cc(OC)c1. The van der Waals surface area contributed by atoms with Gasteiger partial charge in [0.2, 0.25) is 5.91 Å². The van der Waals surface area contributed by atoms with Crippen molar-refractivity contribution in [3.05, 3.63) is 59.4 Å². The van der Waals surface area contributed by atoms with E-state index in [-0.39, 0.29) is 11.8 Å². The molecule has 1 atom stereocenters. The zero-order chi connectivity index (χ0) is 24.9. The van der Waals surface area contributed by atoms with Gasteiger partial charge in [-0.2, -0.15) is 0 Å². The molecule has 182 valence electrons. The summed E-state index contributed by atoms with van der Waals surface area (Å²) in [5, 5.41) is 0. The molecular formula is C27H31N5O3. The van der Waals surface area contributed by atoms with Gasteiger partial charge in [0.15, 0.2) is 0 Å². The first-order valence-electron chi connectivity index (χ1n) is 11.5. The second kappa shape index (κ2) is 10.5. The number of nitrogens with zero attached hydrogens (tertiary/aromatic N) is 3. The molecule has 35 heavy (non-hydrogen) atoms. The van der Waals surface area contributed by atoms with Gasteiger partial charge in [0, 0.05) is 48.8 Å². The second-order valence-corrected chi connectivity index (χ2v) is 8.84. The lowest BCUT2D eigenvalue weighted by atomic mass is 9.98. The van der Waals surface area contributed by atoms with Crippen LogP contribution in [0, 0.1) is 11.8 Å². The summed E-state index contributed by atoms with van der Waals surface area (Å²) >= 11 is 0. The summed E-state index contributed by atoms with van der Waals surface area (Å²) < 4.78 is 10.7. The number of rotatable bonds is 6. The minimum Gasteiger partial charge on any atom is -0.497 e. The van der Waals surface area contributed by atoms with Crippen LogP contribution in [0.5, 0.6) is 11.5 Å². The standard InChI is InChI=1S/C27H31N5O3/c1-31(2)10-5-6-24(33)32-11-9-20(16-32)23-14-19(25-26(23)29-17-30-27(25)28)8-7-18-12-21(34-3)15-22(13-18)35-4/h5-6,12-15,17,20H,9-11,16,28H2,1-4H3,(H,29,30)/t20-/m0/s1. The van der Waals surface area contributed by atoms with Crippen LogP contribution in [-0.2, 0) is 4.79 Å². The van der Waals surface area contributed by atoms with Crippen molar-refractivity contribution in [2.24, 2.45) is 0 Å². The molecule has 1 saturated heterocycles. The van der Waals surface area contributed by atoms with Crippen LogP contribution in [0.25, 0.3) is 11.3 Å². The number of amides is 1. The Morgan fingerprint density at radius 2 is 1.97 bits per heavy atom. The van der Waals surface area contributed by atoms with E-state index < -0.39 is 0 Å². The Labute approximate surface area is 206 Å². The van der Waals surface area contributed by atoms with Crippen LogP contribution >= 0.6 is 0 Å². The van der Waals surface area contributed by atoms with Crippen molar-refractivity contribution in [1.82, 2.24) is 19.8 Å². The van der Waals surface area contributed by atoms with Crippen LogP contribution in [0.1, 0.15) is 29.0 Å². The van der Waals surface area contributed by atoms with E-state index in [1.54, 1.807) is 32.7 Å². The molecule has 0 aromatic heterocycles. The van der Waals surface area contributed by atoms with E-state index >= 15 is 0 Å². The number of carbonyl (C=O) groups excluding carboxylic acids is 1. The Bertz CT molecular complexity index is 1250. The smallest absolute Gasteiger partial charge is 0.246 e. The molecule has 4 rings (SSSR count). The van der Waals surface area contributed by atoms with Crippen LogP contribution in [0.15, 0.2) is 42.7 Å². The number of nitrogens with one attached hydrogen (secondary N) is 1. The largest absolute Gasteiger partial charge is 0.497 e. The van der Waals surface area contributed by atoms with E-state index in [4.69, 9.17) is 15.2 Å². The summed E-state index contributed by atoms with van der Waals surface area (Å²) in [6.45, 7) is 2.10. The fraction of sp³-hybridized carbons (Fsp3) is 0.333. The number of carbonyl (C=O) groups is 1. The molecule has 3 aliphatic rings. The van der Waals surface area contributed by atoms with Gasteiger partial charge >= 0.3 is 0 Å². The lowest BCUT2D eigenvalue weighted by Crippen LogP contribution is -2.26. The summed E-state index contributed by atoms with van der Waals surface area (Å²) in [4.78, 5) is 24.1. The quantitative estimate of drug-likeness (QED) is 0.422. The molecule has 8 nitrogen and oxygen atoms in total. The Kier molecular flexibility index (Phi) is 7.28. The molecule has 2 aliphatic heterocycles. The normalized spacial score (nSPS) is 15.6. The Hall–Kier alpha value is -3.96. The van der Waals surface area contributed by atoms with Crippen molar-refractivity contribution in [3.63, 3.8) is 0 Å². The number of nitrogens with two attached hydrogens (primary N) is 1. The number of benzene rings is 1. The number of H-pyrrole nitrogens is 1. The molecule has 0 radical (unpaired) electrons. The van der Waals surface area contributed by atoms with Crippen molar-refractivity contribution in [2.75, 3.05) is 53.7 Å². The number of hydrogen-bond donors (Lipinski definition) is 2. The summed E-state index contributed by atoms with van der Waals surface area (Å²) in [7, 11) is 7.17. The maximum Gasteiger partial charge on any atom is 0.246 e. The first-order chi connectivity index (χ1) is 16.9. The highest BCUT2D eigenvalue weighted by atomic mass is 16.5. The van der Waals surface area contributed by atoms with E-state index in [2.05, 4.69) is 27.9 Å². The fourth-order valence-electron chi connectivity index (χ4n) is 4.36. The Morgan fingerprint density at radius 3 is 2.66 bits per heavy atom. The number of aromatic nitrogens is 2. The van der Waals surface area contributed by atoms with Crippen LogP contribution < -0.4 is 15.2 Å². The number of likely N-dealkylation sites (tertiary alicyclic amines) is 1. The number of methoxy groups -OCH3 is 2. The number of ether oxygens (including phenoxy) is 2. The average molecular weight is 474 g/mol. The Balaban J connectivity index is 1.62. The molecule has 3 N–H and O–H groups in total. The third-order valence-electron chi connectivity index (χ3n) is 6.14. The summed E-state index contributed by atoms with van der Waals surface area (Å²) in [5.41, 5.74) is 10.7. The number of likely N-dealkylation sites (N-methyl/N-ethyl adjacent to an activating group) is 1. The molecule has 8 heteroatoms. The third-order valence-corrected chi connectivity index (χ3v) is 6.14. The molecule has 2 heterocycles. The lowest BCUT2D eigenvalue weighted by molar-refractivity contribution is -0.125. The molecule has 1 aromatic carbocycles. The highest BCUT2D eigenvalue weighted by molar-refractivity contribution is 5.88. The van der Waals surface area contributed by atoms with Crippen LogP contribution in [0.2, 0.25) is 0 Å². The topological polar surface area (TPSA) is 96.7 Å². The summed E-state index contributed by atoms with van der Waals surface area (Å²) in [5.74, 6) is 8.48.